The minimum absolute atomic E-state index is 0.0979. The largest absolute Gasteiger partial charge is 0.256 e. The topological polar surface area (TPSA) is 36.7 Å². The predicted molar refractivity (Wildman–Crippen MR) is 83.7 cm³/mol. The van der Waals surface area contributed by atoms with Crippen LogP contribution >= 0.6 is 0 Å². The molecule has 22 heavy (non-hydrogen) atoms. The van der Waals surface area contributed by atoms with Crippen LogP contribution in [0.5, 0.6) is 0 Å². The first-order chi connectivity index (χ1) is 10.7. The van der Waals surface area contributed by atoms with E-state index in [1.165, 1.54) is 11.6 Å². The number of nitriles is 1. The van der Waals surface area contributed by atoms with Gasteiger partial charge in [0, 0.05) is 11.6 Å². The van der Waals surface area contributed by atoms with Gasteiger partial charge >= 0.3 is 0 Å². The standard InChI is InChI=1S/C19H19FN2/c20-14-1-2-18-17(11-14)16(6-10-22-18)15-5-9-19(12-21)7-3-13(15)4-8-19/h1-2,6,10-11,13,15H,3-5,7-9H2. The molecule has 0 aliphatic heterocycles. The molecule has 3 heteroatoms. The lowest BCUT2D eigenvalue weighted by molar-refractivity contribution is 0.232. The molecule has 0 amide bonds. The first kappa shape index (κ1) is 13.7. The second-order valence-corrected chi connectivity index (χ2v) is 6.94. The Morgan fingerprint density at radius 3 is 2.68 bits per heavy atom. The number of hydrogen-bond acceptors (Lipinski definition) is 2. The highest BCUT2D eigenvalue weighted by Gasteiger charge is 2.42. The fourth-order valence-electron chi connectivity index (χ4n) is 4.55. The van der Waals surface area contributed by atoms with Crippen LogP contribution in [0.25, 0.3) is 10.9 Å². The van der Waals surface area contributed by atoms with Gasteiger partial charge in [-0.1, -0.05) is 0 Å². The van der Waals surface area contributed by atoms with Crippen molar-refractivity contribution in [2.75, 3.05) is 0 Å². The fourth-order valence-corrected chi connectivity index (χ4v) is 4.55. The van der Waals surface area contributed by atoms with Gasteiger partial charge in [-0.15, -0.1) is 0 Å². The van der Waals surface area contributed by atoms with Gasteiger partial charge in [0.2, 0.25) is 0 Å². The first-order valence-electron chi connectivity index (χ1n) is 8.16. The zero-order valence-corrected chi connectivity index (χ0v) is 12.6. The van der Waals surface area contributed by atoms with Crippen molar-refractivity contribution in [2.45, 2.75) is 44.4 Å². The molecule has 3 saturated carbocycles. The molecule has 1 heterocycles. The first-order valence-corrected chi connectivity index (χ1v) is 8.16. The summed E-state index contributed by atoms with van der Waals surface area (Å²) in [5, 5.41) is 10.5. The van der Waals surface area contributed by atoms with Gasteiger partial charge in [0.25, 0.3) is 0 Å². The highest BCUT2D eigenvalue weighted by atomic mass is 19.1. The van der Waals surface area contributed by atoms with E-state index in [0.29, 0.717) is 11.8 Å². The zero-order valence-electron chi connectivity index (χ0n) is 12.6. The number of fused-ring (bicyclic) bond motifs is 5. The van der Waals surface area contributed by atoms with Crippen LogP contribution in [0.15, 0.2) is 30.5 Å². The van der Waals surface area contributed by atoms with E-state index in [2.05, 4.69) is 17.1 Å². The average molecular weight is 294 g/mol. The Hall–Kier alpha value is -1.95. The molecule has 3 aliphatic rings. The molecule has 1 atom stereocenters. The molecule has 2 bridgehead atoms. The van der Waals surface area contributed by atoms with E-state index in [1.807, 2.05) is 6.20 Å². The molecule has 0 saturated heterocycles. The molecule has 2 nitrogen and oxygen atoms in total. The molecule has 1 unspecified atom stereocenters. The molecule has 2 aromatic rings. The SMILES string of the molecule is N#CC12CCC(CC1)C(c1ccnc3ccc(F)cc13)CC2. The summed E-state index contributed by atoms with van der Waals surface area (Å²) in [4.78, 5) is 4.37. The van der Waals surface area contributed by atoms with Gasteiger partial charge in [0.15, 0.2) is 0 Å². The van der Waals surface area contributed by atoms with Crippen LogP contribution in [-0.2, 0) is 0 Å². The van der Waals surface area contributed by atoms with E-state index < -0.39 is 0 Å². The Bertz CT molecular complexity index is 754. The van der Waals surface area contributed by atoms with Crippen LogP contribution in [0.3, 0.4) is 0 Å². The smallest absolute Gasteiger partial charge is 0.123 e. The monoisotopic (exact) mass is 294 g/mol. The van der Waals surface area contributed by atoms with Crippen molar-refractivity contribution < 1.29 is 4.39 Å². The van der Waals surface area contributed by atoms with E-state index in [-0.39, 0.29) is 11.2 Å². The third-order valence-electron chi connectivity index (χ3n) is 5.86. The average Bonchev–Trinajstić information content (AvgIpc) is 2.85. The summed E-state index contributed by atoms with van der Waals surface area (Å²) in [6.45, 7) is 0. The molecule has 1 aromatic carbocycles. The van der Waals surface area contributed by atoms with Crippen LogP contribution in [0.2, 0.25) is 0 Å². The molecule has 5 rings (SSSR count). The van der Waals surface area contributed by atoms with Crippen LogP contribution in [0.1, 0.15) is 50.0 Å². The van der Waals surface area contributed by atoms with E-state index in [1.54, 1.807) is 12.1 Å². The normalized spacial score (nSPS) is 30.9. The van der Waals surface area contributed by atoms with Gasteiger partial charge in [-0.2, -0.15) is 5.26 Å². The third kappa shape index (κ3) is 2.09. The second-order valence-electron chi connectivity index (χ2n) is 6.94. The molecule has 0 spiro atoms. The van der Waals surface area contributed by atoms with Crippen molar-refractivity contribution in [3.63, 3.8) is 0 Å². The highest BCUT2D eigenvalue weighted by molar-refractivity contribution is 5.82. The summed E-state index contributed by atoms with van der Waals surface area (Å²) in [6, 6.07) is 9.51. The van der Waals surface area contributed by atoms with Gasteiger partial charge < -0.3 is 0 Å². The Labute approximate surface area is 130 Å². The van der Waals surface area contributed by atoms with Gasteiger partial charge in [-0.25, -0.2) is 4.39 Å². The van der Waals surface area contributed by atoms with E-state index in [4.69, 9.17) is 0 Å². The number of aromatic nitrogens is 1. The summed E-state index contributed by atoms with van der Waals surface area (Å²) in [5.41, 5.74) is 2.00. The van der Waals surface area contributed by atoms with E-state index >= 15 is 0 Å². The van der Waals surface area contributed by atoms with Crippen molar-refractivity contribution in [1.29, 1.82) is 5.26 Å². The van der Waals surface area contributed by atoms with Crippen LogP contribution < -0.4 is 0 Å². The van der Waals surface area contributed by atoms with Crippen molar-refractivity contribution in [2.24, 2.45) is 11.3 Å². The quantitative estimate of drug-likeness (QED) is 0.746. The molecule has 3 fully saturated rings. The Balaban J connectivity index is 1.79. The van der Waals surface area contributed by atoms with Crippen molar-refractivity contribution in [3.05, 3.63) is 41.8 Å². The van der Waals surface area contributed by atoms with Crippen molar-refractivity contribution in [1.82, 2.24) is 4.98 Å². The predicted octanol–water partition coefficient (Wildman–Crippen LogP) is 4.95. The van der Waals surface area contributed by atoms with Crippen LogP contribution in [-0.4, -0.2) is 4.98 Å². The number of hydrogen-bond donors (Lipinski definition) is 0. The lowest BCUT2D eigenvalue weighted by Crippen LogP contribution is -2.23. The number of rotatable bonds is 1. The molecule has 1 aromatic heterocycles. The minimum atomic E-state index is -0.201. The Kier molecular flexibility index (Phi) is 3.14. The molecular formula is C19H19FN2. The summed E-state index contributed by atoms with van der Waals surface area (Å²) in [6.07, 6.45) is 8.16. The lowest BCUT2D eigenvalue weighted by Gasteiger charge is -2.32. The Morgan fingerprint density at radius 2 is 1.91 bits per heavy atom. The van der Waals surface area contributed by atoms with E-state index in [9.17, 15) is 9.65 Å². The second kappa shape index (κ2) is 5.05. The molecule has 0 radical (unpaired) electrons. The number of pyridine rings is 1. The van der Waals surface area contributed by atoms with E-state index in [0.717, 1.165) is 49.4 Å². The fraction of sp³-hybridized carbons (Fsp3) is 0.474. The maximum absolute atomic E-state index is 13.7. The highest BCUT2D eigenvalue weighted by Crippen LogP contribution is 2.53. The summed E-state index contributed by atoms with van der Waals surface area (Å²) >= 11 is 0. The molecular weight excluding hydrogens is 275 g/mol. The maximum Gasteiger partial charge on any atom is 0.123 e. The van der Waals surface area contributed by atoms with Crippen molar-refractivity contribution >= 4 is 10.9 Å². The number of nitrogens with zero attached hydrogens (tertiary/aromatic N) is 2. The molecule has 112 valence electrons. The van der Waals surface area contributed by atoms with Gasteiger partial charge in [0.05, 0.1) is 17.0 Å². The summed E-state index contributed by atoms with van der Waals surface area (Å²) in [5.74, 6) is 0.857. The summed E-state index contributed by atoms with van der Waals surface area (Å²) in [7, 11) is 0. The van der Waals surface area contributed by atoms with Gasteiger partial charge in [0.1, 0.15) is 5.82 Å². The van der Waals surface area contributed by atoms with Crippen molar-refractivity contribution in [3.8, 4) is 6.07 Å². The van der Waals surface area contributed by atoms with Crippen LogP contribution in [0.4, 0.5) is 4.39 Å². The van der Waals surface area contributed by atoms with Gasteiger partial charge in [-0.05, 0) is 80.2 Å². The number of benzene rings is 1. The molecule has 3 aliphatic carbocycles. The maximum atomic E-state index is 13.7. The Morgan fingerprint density at radius 1 is 1.14 bits per heavy atom. The summed E-state index contributed by atoms with van der Waals surface area (Å²) < 4.78 is 13.7. The zero-order chi connectivity index (χ0) is 15.2. The number of halogens is 1. The van der Waals surface area contributed by atoms with Crippen LogP contribution in [0, 0.1) is 28.5 Å². The minimum Gasteiger partial charge on any atom is -0.256 e. The third-order valence-corrected chi connectivity index (χ3v) is 5.86. The lowest BCUT2D eigenvalue weighted by atomic mass is 9.71. The molecule has 0 N–H and O–H groups in total. The van der Waals surface area contributed by atoms with Gasteiger partial charge in [-0.3, -0.25) is 4.98 Å².